The molecule has 1 aromatic rings. The first-order valence-corrected chi connectivity index (χ1v) is 5.52. The molecular formula is C11H10Cl2FNO. The smallest absolute Gasteiger partial charge is 0.252 e. The standard InChI is InChI=1S/C11H10Cl2FNO/c1-10(2)11(12,13)8-6(9(16)15-10)4-3-5-7(8)14/h3-5H,1-2H3,(H,15,16). The predicted molar refractivity (Wildman–Crippen MR) is 61.3 cm³/mol. The van der Waals surface area contributed by atoms with Gasteiger partial charge in [0.25, 0.3) is 5.91 Å². The molecule has 0 saturated carbocycles. The Hall–Kier alpha value is -0.800. The van der Waals surface area contributed by atoms with E-state index in [1.807, 2.05) is 0 Å². The molecule has 1 amide bonds. The second kappa shape index (κ2) is 3.34. The summed E-state index contributed by atoms with van der Waals surface area (Å²) >= 11 is 12.4. The van der Waals surface area contributed by atoms with Gasteiger partial charge in [-0.05, 0) is 26.0 Å². The molecule has 1 aromatic carbocycles. The minimum Gasteiger partial charge on any atom is -0.344 e. The van der Waals surface area contributed by atoms with Crippen LogP contribution in [0.1, 0.15) is 29.8 Å². The second-order valence-corrected chi connectivity index (χ2v) is 5.64. The van der Waals surface area contributed by atoms with Gasteiger partial charge in [-0.3, -0.25) is 4.79 Å². The lowest BCUT2D eigenvalue weighted by Crippen LogP contribution is -2.58. The van der Waals surface area contributed by atoms with E-state index in [0.29, 0.717) is 0 Å². The molecule has 2 rings (SSSR count). The van der Waals surface area contributed by atoms with E-state index < -0.39 is 15.7 Å². The van der Waals surface area contributed by atoms with Crippen molar-refractivity contribution in [2.45, 2.75) is 23.7 Å². The zero-order valence-corrected chi connectivity index (χ0v) is 10.3. The zero-order valence-electron chi connectivity index (χ0n) is 8.77. The normalized spacial score (nSPS) is 21.2. The van der Waals surface area contributed by atoms with Crippen LogP contribution in [0.5, 0.6) is 0 Å². The van der Waals surface area contributed by atoms with Gasteiger partial charge in [-0.25, -0.2) is 4.39 Å². The fourth-order valence-electron chi connectivity index (χ4n) is 1.77. The molecule has 0 spiro atoms. The Labute approximate surface area is 103 Å². The SMILES string of the molecule is CC1(C)NC(=O)c2cccc(F)c2C1(Cl)Cl. The van der Waals surface area contributed by atoms with Crippen molar-refractivity contribution in [3.05, 3.63) is 35.1 Å². The Bertz CT molecular complexity index is 471. The maximum absolute atomic E-state index is 13.7. The van der Waals surface area contributed by atoms with Crippen LogP contribution in [0.25, 0.3) is 0 Å². The molecule has 1 aliphatic heterocycles. The number of amides is 1. The van der Waals surface area contributed by atoms with Gasteiger partial charge in [-0.1, -0.05) is 29.3 Å². The van der Waals surface area contributed by atoms with Gasteiger partial charge in [0.15, 0.2) is 4.33 Å². The maximum atomic E-state index is 13.7. The Morgan fingerprint density at radius 1 is 1.31 bits per heavy atom. The lowest BCUT2D eigenvalue weighted by atomic mass is 9.85. The Kier molecular flexibility index (Phi) is 2.44. The largest absolute Gasteiger partial charge is 0.344 e. The van der Waals surface area contributed by atoms with E-state index in [9.17, 15) is 9.18 Å². The van der Waals surface area contributed by atoms with Crippen molar-refractivity contribution in [1.29, 1.82) is 0 Å². The average molecular weight is 262 g/mol. The van der Waals surface area contributed by atoms with Gasteiger partial charge in [0, 0.05) is 11.1 Å². The summed E-state index contributed by atoms with van der Waals surface area (Å²) in [6, 6.07) is 4.20. The van der Waals surface area contributed by atoms with Gasteiger partial charge in [-0.2, -0.15) is 0 Å². The third-order valence-electron chi connectivity index (χ3n) is 2.78. The third kappa shape index (κ3) is 1.42. The van der Waals surface area contributed by atoms with Gasteiger partial charge in [0.1, 0.15) is 5.82 Å². The second-order valence-electron chi connectivity index (χ2n) is 4.32. The predicted octanol–water partition coefficient (Wildman–Crippen LogP) is 2.98. The van der Waals surface area contributed by atoms with Gasteiger partial charge in [0.2, 0.25) is 0 Å². The summed E-state index contributed by atoms with van der Waals surface area (Å²) in [5, 5.41) is 2.66. The lowest BCUT2D eigenvalue weighted by molar-refractivity contribution is 0.0882. The molecule has 0 unspecified atom stereocenters. The Morgan fingerprint density at radius 2 is 1.94 bits per heavy atom. The minimum atomic E-state index is -1.48. The van der Waals surface area contributed by atoms with E-state index in [1.165, 1.54) is 18.2 Å². The molecule has 2 nitrogen and oxygen atoms in total. The minimum absolute atomic E-state index is 0.0482. The van der Waals surface area contributed by atoms with Crippen LogP contribution in [0, 0.1) is 5.82 Å². The highest BCUT2D eigenvalue weighted by atomic mass is 35.5. The highest BCUT2D eigenvalue weighted by molar-refractivity contribution is 6.49. The van der Waals surface area contributed by atoms with Crippen molar-refractivity contribution < 1.29 is 9.18 Å². The van der Waals surface area contributed by atoms with Crippen LogP contribution in [-0.4, -0.2) is 11.4 Å². The van der Waals surface area contributed by atoms with E-state index in [-0.39, 0.29) is 17.0 Å². The molecule has 0 radical (unpaired) electrons. The molecule has 0 aromatic heterocycles. The summed E-state index contributed by atoms with van der Waals surface area (Å²) in [6.07, 6.45) is 0. The number of carbonyl (C=O) groups is 1. The highest BCUT2D eigenvalue weighted by Gasteiger charge is 2.51. The summed E-state index contributed by atoms with van der Waals surface area (Å²) in [6.45, 7) is 3.31. The first-order valence-electron chi connectivity index (χ1n) is 4.77. The van der Waals surface area contributed by atoms with Crippen LogP contribution >= 0.6 is 23.2 Å². The number of hydrogen-bond acceptors (Lipinski definition) is 1. The summed E-state index contributed by atoms with van der Waals surface area (Å²) < 4.78 is 12.3. The summed E-state index contributed by atoms with van der Waals surface area (Å²) in [4.78, 5) is 11.7. The van der Waals surface area contributed by atoms with Crippen LogP contribution in [0.2, 0.25) is 0 Å². The van der Waals surface area contributed by atoms with Crippen molar-refractivity contribution >= 4 is 29.1 Å². The van der Waals surface area contributed by atoms with Crippen molar-refractivity contribution in [2.75, 3.05) is 0 Å². The molecule has 0 bridgehead atoms. The first-order chi connectivity index (χ1) is 7.27. The molecule has 0 atom stereocenters. The number of hydrogen-bond donors (Lipinski definition) is 1. The molecule has 5 heteroatoms. The van der Waals surface area contributed by atoms with Crippen LogP contribution in [-0.2, 0) is 4.33 Å². The molecule has 1 N–H and O–H groups in total. The van der Waals surface area contributed by atoms with Gasteiger partial charge in [-0.15, -0.1) is 0 Å². The molecular weight excluding hydrogens is 252 g/mol. The van der Waals surface area contributed by atoms with Gasteiger partial charge < -0.3 is 5.32 Å². The topological polar surface area (TPSA) is 29.1 Å². The zero-order chi connectivity index (χ0) is 12.1. The number of benzene rings is 1. The van der Waals surface area contributed by atoms with Crippen LogP contribution < -0.4 is 5.32 Å². The Balaban J connectivity index is 2.76. The van der Waals surface area contributed by atoms with Crippen LogP contribution in [0.4, 0.5) is 4.39 Å². The molecule has 86 valence electrons. The quantitative estimate of drug-likeness (QED) is 0.715. The number of halogens is 3. The lowest BCUT2D eigenvalue weighted by Gasteiger charge is -2.42. The van der Waals surface area contributed by atoms with E-state index in [2.05, 4.69) is 5.32 Å². The fourth-order valence-corrected chi connectivity index (χ4v) is 2.25. The Morgan fingerprint density at radius 3 is 2.56 bits per heavy atom. The third-order valence-corrected chi connectivity index (χ3v) is 4.11. The van der Waals surface area contributed by atoms with Gasteiger partial charge >= 0.3 is 0 Å². The summed E-state index contributed by atoms with van der Waals surface area (Å²) in [5.74, 6) is -0.929. The molecule has 1 heterocycles. The maximum Gasteiger partial charge on any atom is 0.252 e. The summed E-state index contributed by atoms with van der Waals surface area (Å²) in [5.41, 5.74) is -0.695. The van der Waals surface area contributed by atoms with E-state index in [0.717, 1.165) is 0 Å². The number of fused-ring (bicyclic) bond motifs is 1. The number of nitrogens with one attached hydrogen (secondary N) is 1. The molecule has 0 fully saturated rings. The number of alkyl halides is 2. The van der Waals surface area contributed by atoms with E-state index in [4.69, 9.17) is 23.2 Å². The monoisotopic (exact) mass is 261 g/mol. The highest BCUT2D eigenvalue weighted by Crippen LogP contribution is 2.48. The number of carbonyl (C=O) groups excluding carboxylic acids is 1. The average Bonchev–Trinajstić information content (AvgIpc) is 2.14. The molecule has 0 aliphatic carbocycles. The van der Waals surface area contributed by atoms with Crippen molar-refractivity contribution in [1.82, 2.24) is 5.32 Å². The summed E-state index contributed by atoms with van der Waals surface area (Å²) in [7, 11) is 0. The van der Waals surface area contributed by atoms with Crippen molar-refractivity contribution in [3.8, 4) is 0 Å². The van der Waals surface area contributed by atoms with Gasteiger partial charge in [0.05, 0.1) is 5.54 Å². The molecule has 0 saturated heterocycles. The molecule has 16 heavy (non-hydrogen) atoms. The fraction of sp³-hybridized carbons (Fsp3) is 0.364. The van der Waals surface area contributed by atoms with E-state index in [1.54, 1.807) is 13.8 Å². The molecule has 1 aliphatic rings. The van der Waals surface area contributed by atoms with Crippen LogP contribution in [0.3, 0.4) is 0 Å². The van der Waals surface area contributed by atoms with Crippen molar-refractivity contribution in [2.24, 2.45) is 0 Å². The van der Waals surface area contributed by atoms with Crippen LogP contribution in [0.15, 0.2) is 18.2 Å². The van der Waals surface area contributed by atoms with E-state index >= 15 is 0 Å². The first kappa shape index (κ1) is 11.7. The van der Waals surface area contributed by atoms with Crippen molar-refractivity contribution in [3.63, 3.8) is 0 Å². The number of rotatable bonds is 0.